The van der Waals surface area contributed by atoms with Crippen molar-refractivity contribution in [2.24, 2.45) is 0 Å². The van der Waals surface area contributed by atoms with Gasteiger partial charge in [0.1, 0.15) is 5.82 Å². The summed E-state index contributed by atoms with van der Waals surface area (Å²) in [5, 5.41) is 0.452. The number of rotatable bonds is 3. The molecule has 0 bridgehead atoms. The summed E-state index contributed by atoms with van der Waals surface area (Å²) >= 11 is 7.43. The number of allylic oxidation sites excluding steroid dienone is 1. The number of imide groups is 1. The van der Waals surface area contributed by atoms with Crippen LogP contribution in [0.2, 0.25) is 5.02 Å². The maximum absolute atomic E-state index is 14.2. The topological polar surface area (TPSA) is 46.6 Å². The van der Waals surface area contributed by atoms with E-state index in [1.165, 1.54) is 17.8 Å². The number of benzene rings is 1. The van der Waals surface area contributed by atoms with Gasteiger partial charge in [0, 0.05) is 10.1 Å². The van der Waals surface area contributed by atoms with Gasteiger partial charge in [0.25, 0.3) is 0 Å². The largest absolute Gasteiger partial charge is 0.427 e. The number of cyclic esters (lactones) is 1. The quantitative estimate of drug-likeness (QED) is 0.586. The molecule has 1 aromatic rings. The first kappa shape index (κ1) is 16.8. The average Bonchev–Trinajstić information content (AvgIpc) is 2.68. The Balaban J connectivity index is 2.51. The number of carbonyl (C=O) groups is 2. The number of anilines is 1. The zero-order chi connectivity index (χ0) is 16.6. The van der Waals surface area contributed by atoms with E-state index in [9.17, 15) is 14.0 Å². The predicted octanol–water partition coefficient (Wildman–Crippen LogP) is 4.76. The van der Waals surface area contributed by atoms with E-state index in [2.05, 4.69) is 0 Å². The summed E-state index contributed by atoms with van der Waals surface area (Å²) in [5.41, 5.74) is 0.394. The van der Waals surface area contributed by atoms with Crippen LogP contribution in [0.4, 0.5) is 14.9 Å². The highest BCUT2D eigenvalue weighted by Gasteiger charge is 2.40. The van der Waals surface area contributed by atoms with Crippen LogP contribution in [0.3, 0.4) is 0 Å². The Bertz CT molecular complexity index is 684. The van der Waals surface area contributed by atoms with Crippen molar-refractivity contribution in [1.29, 1.82) is 0 Å². The number of ether oxygens (including phenoxy) is 1. The van der Waals surface area contributed by atoms with Crippen LogP contribution in [0.25, 0.3) is 0 Å². The van der Waals surface area contributed by atoms with Crippen LogP contribution >= 0.6 is 23.4 Å². The van der Waals surface area contributed by atoms with Gasteiger partial charge in [-0.3, -0.25) is 4.79 Å². The standard InChI is InChI=1S/C15H15ClFNO3S/c1-7(2)13-14(19)18(15(20)21-13)11-6-12(22-8(3)4)9(16)5-10(11)17/h5-6,8H,1-4H3. The Kier molecular flexibility index (Phi) is 4.82. The summed E-state index contributed by atoms with van der Waals surface area (Å²) in [5.74, 6) is -1.50. The lowest BCUT2D eigenvalue weighted by molar-refractivity contribution is -0.114. The van der Waals surface area contributed by atoms with Gasteiger partial charge in [0.2, 0.25) is 0 Å². The molecule has 1 fully saturated rings. The van der Waals surface area contributed by atoms with Crippen molar-refractivity contribution >= 4 is 41.1 Å². The van der Waals surface area contributed by atoms with Gasteiger partial charge >= 0.3 is 12.0 Å². The fourth-order valence-corrected chi connectivity index (χ4v) is 3.06. The van der Waals surface area contributed by atoms with Crippen molar-refractivity contribution in [2.45, 2.75) is 37.8 Å². The number of nitrogens with zero attached hydrogens (tertiary/aromatic N) is 1. The Morgan fingerprint density at radius 1 is 1.32 bits per heavy atom. The van der Waals surface area contributed by atoms with E-state index in [1.54, 1.807) is 13.8 Å². The first-order chi connectivity index (χ1) is 10.2. The van der Waals surface area contributed by atoms with Crippen LogP contribution in [0.5, 0.6) is 0 Å². The second kappa shape index (κ2) is 6.30. The van der Waals surface area contributed by atoms with Crippen molar-refractivity contribution in [2.75, 3.05) is 4.90 Å². The molecule has 0 atom stereocenters. The van der Waals surface area contributed by atoms with E-state index in [0.29, 0.717) is 15.4 Å². The molecule has 4 nitrogen and oxygen atoms in total. The maximum Gasteiger partial charge on any atom is 0.427 e. The molecule has 1 aromatic carbocycles. The number of carbonyl (C=O) groups excluding carboxylic acids is 2. The van der Waals surface area contributed by atoms with E-state index >= 15 is 0 Å². The lowest BCUT2D eigenvalue weighted by Gasteiger charge is -2.15. The third kappa shape index (κ3) is 3.13. The van der Waals surface area contributed by atoms with Crippen LogP contribution in [0, 0.1) is 5.82 Å². The molecular formula is C15H15ClFNO3S. The minimum Gasteiger partial charge on any atom is -0.404 e. The monoisotopic (exact) mass is 343 g/mol. The van der Waals surface area contributed by atoms with Crippen LogP contribution in [0.15, 0.2) is 28.4 Å². The second-order valence-corrected chi connectivity index (χ2v) is 7.26. The molecule has 0 saturated carbocycles. The number of halogens is 2. The minimum atomic E-state index is -0.914. The van der Waals surface area contributed by atoms with Crippen LogP contribution in [-0.2, 0) is 9.53 Å². The van der Waals surface area contributed by atoms with Crippen LogP contribution in [-0.4, -0.2) is 17.3 Å². The van der Waals surface area contributed by atoms with Crippen molar-refractivity contribution in [3.63, 3.8) is 0 Å². The third-order valence-electron chi connectivity index (χ3n) is 2.83. The lowest BCUT2D eigenvalue weighted by Crippen LogP contribution is -2.29. The van der Waals surface area contributed by atoms with E-state index in [-0.39, 0.29) is 21.7 Å². The number of thioether (sulfide) groups is 1. The highest BCUT2D eigenvalue weighted by Crippen LogP contribution is 2.37. The molecule has 0 spiro atoms. The molecular weight excluding hydrogens is 329 g/mol. The zero-order valence-electron chi connectivity index (χ0n) is 12.6. The van der Waals surface area contributed by atoms with Crippen molar-refractivity contribution in [3.05, 3.63) is 34.3 Å². The summed E-state index contributed by atoms with van der Waals surface area (Å²) in [6, 6.07) is 2.50. The highest BCUT2D eigenvalue weighted by atomic mass is 35.5. The van der Waals surface area contributed by atoms with E-state index in [4.69, 9.17) is 16.3 Å². The van der Waals surface area contributed by atoms with E-state index in [1.807, 2.05) is 13.8 Å². The van der Waals surface area contributed by atoms with Gasteiger partial charge in [-0.05, 0) is 31.6 Å². The van der Waals surface area contributed by atoms with Gasteiger partial charge in [-0.1, -0.05) is 25.4 Å². The molecule has 0 aromatic heterocycles. The Hall–Kier alpha value is -1.53. The van der Waals surface area contributed by atoms with Gasteiger partial charge in [-0.15, -0.1) is 11.8 Å². The average molecular weight is 344 g/mol. The highest BCUT2D eigenvalue weighted by molar-refractivity contribution is 8.00. The lowest BCUT2D eigenvalue weighted by atomic mass is 10.2. The third-order valence-corrected chi connectivity index (χ3v) is 4.32. The summed E-state index contributed by atoms with van der Waals surface area (Å²) in [4.78, 5) is 25.4. The SMILES string of the molecule is CC(C)=C1OC(=O)N(c2cc(SC(C)C)c(Cl)cc2F)C1=O. The number of hydrogen-bond acceptors (Lipinski definition) is 4. The normalized spacial score (nSPS) is 14.9. The fourth-order valence-electron chi connectivity index (χ4n) is 1.92. The molecule has 1 heterocycles. The molecule has 118 valence electrons. The van der Waals surface area contributed by atoms with E-state index < -0.39 is 17.8 Å². The molecule has 1 saturated heterocycles. The van der Waals surface area contributed by atoms with Gasteiger partial charge < -0.3 is 4.74 Å². The zero-order valence-corrected chi connectivity index (χ0v) is 14.1. The molecule has 0 unspecified atom stereocenters. The predicted molar refractivity (Wildman–Crippen MR) is 84.7 cm³/mol. The molecule has 7 heteroatoms. The Morgan fingerprint density at radius 3 is 2.45 bits per heavy atom. The van der Waals surface area contributed by atoms with Gasteiger partial charge in [-0.2, -0.15) is 0 Å². The number of hydrogen-bond donors (Lipinski definition) is 0. The Morgan fingerprint density at radius 2 is 1.95 bits per heavy atom. The molecule has 1 aliphatic heterocycles. The van der Waals surface area contributed by atoms with Crippen molar-refractivity contribution < 1.29 is 18.7 Å². The van der Waals surface area contributed by atoms with Gasteiger partial charge in [0.15, 0.2) is 5.76 Å². The summed E-state index contributed by atoms with van der Waals surface area (Å²) in [6.45, 7) is 7.20. The molecule has 0 radical (unpaired) electrons. The van der Waals surface area contributed by atoms with Gasteiger partial charge in [0.05, 0.1) is 10.7 Å². The van der Waals surface area contributed by atoms with Gasteiger partial charge in [-0.25, -0.2) is 14.1 Å². The summed E-state index contributed by atoms with van der Waals surface area (Å²) in [7, 11) is 0. The molecule has 2 rings (SSSR count). The number of amides is 2. The fraction of sp³-hybridized carbons (Fsp3) is 0.333. The molecule has 1 aliphatic rings. The molecule has 0 aliphatic carbocycles. The van der Waals surface area contributed by atoms with Crippen LogP contribution < -0.4 is 4.90 Å². The van der Waals surface area contributed by atoms with Crippen molar-refractivity contribution in [1.82, 2.24) is 0 Å². The molecule has 0 N–H and O–H groups in total. The second-order valence-electron chi connectivity index (χ2n) is 5.24. The maximum atomic E-state index is 14.2. The van der Waals surface area contributed by atoms with E-state index in [0.717, 1.165) is 6.07 Å². The minimum absolute atomic E-state index is 0.0718. The summed E-state index contributed by atoms with van der Waals surface area (Å²) in [6.07, 6.45) is -0.914. The molecule has 22 heavy (non-hydrogen) atoms. The van der Waals surface area contributed by atoms with Crippen molar-refractivity contribution in [3.8, 4) is 0 Å². The molecule has 2 amide bonds. The summed E-state index contributed by atoms with van der Waals surface area (Å²) < 4.78 is 19.1. The smallest absolute Gasteiger partial charge is 0.404 e. The van der Waals surface area contributed by atoms with Crippen LogP contribution in [0.1, 0.15) is 27.7 Å². The Labute approximate surface area is 137 Å². The first-order valence-corrected chi connectivity index (χ1v) is 7.87. The first-order valence-electron chi connectivity index (χ1n) is 6.61.